The first kappa shape index (κ1) is 34.9. The van der Waals surface area contributed by atoms with Gasteiger partial charge in [-0.25, -0.2) is 0 Å². The molecule has 2 unspecified atom stereocenters. The molecule has 3 aliphatic heterocycles. The normalized spacial score (nSPS) is 28.1. The van der Waals surface area contributed by atoms with Crippen molar-refractivity contribution >= 4 is 17.8 Å². The fraction of sp³-hybridized carbons (Fsp3) is 0.649. The zero-order valence-corrected chi connectivity index (χ0v) is 28.2. The van der Waals surface area contributed by atoms with Crippen LogP contribution in [0, 0.1) is 17.3 Å². The molecular formula is C37H54N2O6. The Labute approximate surface area is 269 Å². The number of aliphatic hydroxyl groups excluding tert-OH is 1. The fourth-order valence-corrected chi connectivity index (χ4v) is 8.62. The largest absolute Gasteiger partial charge is 0.465 e. The van der Waals surface area contributed by atoms with Crippen molar-refractivity contribution in [3.05, 3.63) is 61.2 Å². The molecule has 4 rings (SSSR count). The molecule has 3 aliphatic rings. The maximum atomic E-state index is 15.1. The number of unbranched alkanes of at least 4 members (excludes halogenated alkanes) is 2. The van der Waals surface area contributed by atoms with Gasteiger partial charge in [0.15, 0.2) is 0 Å². The van der Waals surface area contributed by atoms with Crippen LogP contribution in [0.5, 0.6) is 0 Å². The zero-order valence-electron chi connectivity index (χ0n) is 28.2. The molecule has 0 radical (unpaired) electrons. The van der Waals surface area contributed by atoms with Crippen LogP contribution in [0.4, 0.5) is 0 Å². The number of likely N-dealkylation sites (tertiary alicyclic amines) is 1. The molecule has 2 amide bonds. The van der Waals surface area contributed by atoms with Gasteiger partial charge in [-0.05, 0) is 69.8 Å². The van der Waals surface area contributed by atoms with Gasteiger partial charge < -0.3 is 24.4 Å². The molecule has 3 saturated heterocycles. The number of hydrogen-bond donors (Lipinski definition) is 1. The predicted molar refractivity (Wildman–Crippen MR) is 175 cm³/mol. The third-order valence-electron chi connectivity index (χ3n) is 10.1. The second-order valence-electron chi connectivity index (χ2n) is 14.9. The van der Waals surface area contributed by atoms with Gasteiger partial charge in [0.25, 0.3) is 0 Å². The Morgan fingerprint density at radius 1 is 1.13 bits per heavy atom. The second-order valence-corrected chi connectivity index (χ2v) is 14.9. The van der Waals surface area contributed by atoms with Crippen molar-refractivity contribution in [1.82, 2.24) is 9.80 Å². The number of aliphatic hydroxyl groups is 1. The SMILES string of the molecule is C=CCCCCOC(=O)[C@H]1[C@H]2C(=O)N([C@H](CO)c3ccccc3)C(C(=O)N(CC=C)C(C)(C)CC(C)(C)C)C23CC[C@]1(CC)O3. The van der Waals surface area contributed by atoms with E-state index < -0.39 is 46.6 Å². The Morgan fingerprint density at radius 3 is 2.40 bits per heavy atom. The van der Waals surface area contributed by atoms with Crippen molar-refractivity contribution in [2.45, 2.75) is 115 Å². The van der Waals surface area contributed by atoms with E-state index in [4.69, 9.17) is 9.47 Å². The maximum absolute atomic E-state index is 15.1. The summed E-state index contributed by atoms with van der Waals surface area (Å²) in [6, 6.07) is 7.46. The van der Waals surface area contributed by atoms with Gasteiger partial charge in [0.05, 0.1) is 30.8 Å². The Kier molecular flexibility index (Phi) is 10.4. The topological polar surface area (TPSA) is 96.4 Å². The smallest absolute Gasteiger partial charge is 0.312 e. The summed E-state index contributed by atoms with van der Waals surface area (Å²) in [5.41, 5.74) is -2.07. The van der Waals surface area contributed by atoms with Crippen molar-refractivity contribution in [2.75, 3.05) is 19.8 Å². The molecule has 8 heteroatoms. The molecule has 6 atom stereocenters. The number of allylic oxidation sites excluding steroid dienone is 1. The van der Waals surface area contributed by atoms with E-state index in [0.29, 0.717) is 37.7 Å². The number of fused-ring (bicyclic) bond motifs is 1. The Balaban J connectivity index is 1.83. The highest BCUT2D eigenvalue weighted by Gasteiger charge is 2.80. The van der Waals surface area contributed by atoms with E-state index in [2.05, 4.69) is 33.9 Å². The van der Waals surface area contributed by atoms with Crippen molar-refractivity contribution in [2.24, 2.45) is 17.3 Å². The lowest BCUT2D eigenvalue weighted by Crippen LogP contribution is -2.61. The average molecular weight is 623 g/mol. The Morgan fingerprint density at radius 2 is 1.82 bits per heavy atom. The number of carbonyl (C=O) groups is 3. The lowest BCUT2D eigenvalue weighted by atomic mass is 9.65. The van der Waals surface area contributed by atoms with Crippen LogP contribution < -0.4 is 0 Å². The van der Waals surface area contributed by atoms with Gasteiger partial charge in [0.2, 0.25) is 11.8 Å². The number of rotatable bonds is 15. The van der Waals surface area contributed by atoms with Crippen molar-refractivity contribution in [3.63, 3.8) is 0 Å². The lowest BCUT2D eigenvalue weighted by molar-refractivity contribution is -0.165. The highest BCUT2D eigenvalue weighted by Crippen LogP contribution is 2.65. The molecule has 2 bridgehead atoms. The van der Waals surface area contributed by atoms with E-state index in [9.17, 15) is 14.7 Å². The van der Waals surface area contributed by atoms with Crippen LogP contribution in [-0.2, 0) is 23.9 Å². The number of amides is 2. The lowest BCUT2D eigenvalue weighted by Gasteiger charge is -2.46. The number of benzene rings is 1. The highest BCUT2D eigenvalue weighted by molar-refractivity contribution is 5.99. The van der Waals surface area contributed by atoms with Gasteiger partial charge in [0.1, 0.15) is 17.6 Å². The summed E-state index contributed by atoms with van der Waals surface area (Å²) in [7, 11) is 0. The summed E-state index contributed by atoms with van der Waals surface area (Å²) >= 11 is 0. The minimum Gasteiger partial charge on any atom is -0.465 e. The summed E-state index contributed by atoms with van der Waals surface area (Å²) in [5.74, 6) is -2.77. The van der Waals surface area contributed by atoms with E-state index in [1.165, 1.54) is 0 Å². The number of esters is 1. The molecule has 3 heterocycles. The molecule has 248 valence electrons. The van der Waals surface area contributed by atoms with Gasteiger partial charge in [0, 0.05) is 12.1 Å². The first-order valence-corrected chi connectivity index (χ1v) is 16.6. The van der Waals surface area contributed by atoms with Gasteiger partial charge in [-0.2, -0.15) is 0 Å². The number of hydrogen-bond acceptors (Lipinski definition) is 6. The molecule has 1 aromatic rings. The van der Waals surface area contributed by atoms with E-state index in [-0.39, 0.29) is 37.0 Å². The van der Waals surface area contributed by atoms with Crippen LogP contribution in [0.2, 0.25) is 0 Å². The average Bonchev–Trinajstić information content (AvgIpc) is 3.59. The molecule has 8 nitrogen and oxygen atoms in total. The summed E-state index contributed by atoms with van der Waals surface area (Å²) in [6.07, 6.45) is 8.17. The molecule has 0 saturated carbocycles. The summed E-state index contributed by atoms with van der Waals surface area (Å²) in [6.45, 7) is 20.4. The molecule has 1 aromatic carbocycles. The second kappa shape index (κ2) is 13.4. The summed E-state index contributed by atoms with van der Waals surface area (Å²) in [4.78, 5) is 47.2. The molecule has 1 N–H and O–H groups in total. The minimum absolute atomic E-state index is 0.0814. The number of nitrogens with zero attached hydrogens (tertiary/aromatic N) is 2. The van der Waals surface area contributed by atoms with Crippen LogP contribution in [0.25, 0.3) is 0 Å². The van der Waals surface area contributed by atoms with E-state index in [1.54, 1.807) is 11.0 Å². The summed E-state index contributed by atoms with van der Waals surface area (Å²) in [5, 5.41) is 10.8. The van der Waals surface area contributed by atoms with Crippen molar-refractivity contribution in [1.29, 1.82) is 0 Å². The first-order chi connectivity index (χ1) is 21.2. The van der Waals surface area contributed by atoms with Crippen LogP contribution in [0.15, 0.2) is 55.6 Å². The van der Waals surface area contributed by atoms with E-state index >= 15 is 4.79 Å². The van der Waals surface area contributed by atoms with Crippen LogP contribution >= 0.6 is 0 Å². The fourth-order valence-electron chi connectivity index (χ4n) is 8.62. The molecule has 45 heavy (non-hydrogen) atoms. The monoisotopic (exact) mass is 622 g/mol. The minimum atomic E-state index is -1.23. The zero-order chi connectivity index (χ0) is 33.2. The maximum Gasteiger partial charge on any atom is 0.312 e. The third-order valence-corrected chi connectivity index (χ3v) is 10.1. The molecular weight excluding hydrogens is 568 g/mol. The van der Waals surface area contributed by atoms with Crippen LogP contribution in [0.1, 0.15) is 98.1 Å². The Hall–Kier alpha value is -2.97. The van der Waals surface area contributed by atoms with Gasteiger partial charge in [-0.3, -0.25) is 14.4 Å². The van der Waals surface area contributed by atoms with Gasteiger partial charge >= 0.3 is 5.97 Å². The molecule has 3 fully saturated rings. The number of ether oxygens (including phenoxy) is 2. The van der Waals surface area contributed by atoms with Crippen molar-refractivity contribution in [3.8, 4) is 0 Å². The Bertz CT molecular complexity index is 1260. The summed E-state index contributed by atoms with van der Waals surface area (Å²) < 4.78 is 12.8. The quantitative estimate of drug-likeness (QED) is 0.146. The van der Waals surface area contributed by atoms with Crippen LogP contribution in [0.3, 0.4) is 0 Å². The molecule has 0 aliphatic carbocycles. The third kappa shape index (κ3) is 6.37. The van der Waals surface area contributed by atoms with Crippen LogP contribution in [-0.4, -0.2) is 75.2 Å². The van der Waals surface area contributed by atoms with Crippen molar-refractivity contribution < 1.29 is 29.0 Å². The van der Waals surface area contributed by atoms with Gasteiger partial charge in [-0.1, -0.05) is 70.2 Å². The predicted octanol–water partition coefficient (Wildman–Crippen LogP) is 6.00. The molecule has 0 aromatic heterocycles. The molecule has 1 spiro atoms. The number of carbonyl (C=O) groups excluding carboxylic acids is 3. The van der Waals surface area contributed by atoms with E-state index in [0.717, 1.165) is 12.8 Å². The van der Waals surface area contributed by atoms with Gasteiger partial charge in [-0.15, -0.1) is 13.2 Å². The highest BCUT2D eigenvalue weighted by atomic mass is 16.6. The standard InChI is InChI=1S/C37H54N2O6/c1-9-12-13-17-23-44-33(43)29-28-31(41)39(27(24-40)26-18-15-14-16-19-26)30(37(28)21-20-36(29,11-3)45-37)32(42)38(22-10-2)35(7,8)25-34(4,5)6/h9-10,14-16,18-19,27-30,40H,1-2,11-13,17,20-25H2,3-8H3/t27-,28+,29-,30?,36+,37?/m1/s1. The first-order valence-electron chi connectivity index (χ1n) is 16.6. The van der Waals surface area contributed by atoms with E-state index in [1.807, 2.05) is 62.1 Å².